The van der Waals surface area contributed by atoms with Gasteiger partial charge in [-0.05, 0) is 31.5 Å². The van der Waals surface area contributed by atoms with Crippen LogP contribution in [0.15, 0.2) is 18.2 Å². The van der Waals surface area contributed by atoms with Gasteiger partial charge in [-0.2, -0.15) is 0 Å². The van der Waals surface area contributed by atoms with Gasteiger partial charge in [-0.3, -0.25) is 4.79 Å². The lowest BCUT2D eigenvalue weighted by Crippen LogP contribution is -2.01. The van der Waals surface area contributed by atoms with E-state index in [1.165, 1.54) is 38.3 Å². The number of carbonyl (C=O) groups is 1. The molecule has 0 spiro atoms. The third-order valence-electron chi connectivity index (χ3n) is 2.84. The predicted octanol–water partition coefficient (Wildman–Crippen LogP) is 4.38. The second kappa shape index (κ2) is 7.85. The second-order valence-electron chi connectivity index (χ2n) is 4.46. The first-order valence-corrected chi connectivity index (χ1v) is 6.58. The predicted molar refractivity (Wildman–Crippen MR) is 70.7 cm³/mol. The molecule has 0 heterocycles. The van der Waals surface area contributed by atoms with Gasteiger partial charge < -0.3 is 4.74 Å². The van der Waals surface area contributed by atoms with E-state index in [0.29, 0.717) is 12.2 Å². The highest BCUT2D eigenvalue weighted by molar-refractivity contribution is 5.94. The van der Waals surface area contributed by atoms with Crippen LogP contribution in [0.3, 0.4) is 0 Å². The molecular formula is C15H21FO2. The Bertz CT molecular complexity index is 388. The van der Waals surface area contributed by atoms with Crippen molar-refractivity contribution < 1.29 is 13.9 Å². The molecule has 0 atom stereocenters. The van der Waals surface area contributed by atoms with Gasteiger partial charge in [-0.15, -0.1) is 0 Å². The number of hydrogen-bond donors (Lipinski definition) is 0. The summed E-state index contributed by atoms with van der Waals surface area (Å²) in [6, 6.07) is 4.35. The van der Waals surface area contributed by atoms with E-state index in [2.05, 4.69) is 6.92 Å². The van der Waals surface area contributed by atoms with Gasteiger partial charge in [0.25, 0.3) is 0 Å². The van der Waals surface area contributed by atoms with Crippen molar-refractivity contribution in [2.75, 3.05) is 6.61 Å². The molecule has 0 saturated heterocycles. The van der Waals surface area contributed by atoms with Crippen LogP contribution in [0, 0.1) is 5.82 Å². The Kier molecular flexibility index (Phi) is 6.40. The maximum absolute atomic E-state index is 13.6. The largest absolute Gasteiger partial charge is 0.491 e. The van der Waals surface area contributed by atoms with Crippen LogP contribution in [0.4, 0.5) is 4.39 Å². The molecule has 0 amide bonds. The Labute approximate surface area is 108 Å². The van der Waals surface area contributed by atoms with E-state index in [0.717, 1.165) is 12.8 Å². The molecule has 100 valence electrons. The van der Waals surface area contributed by atoms with Crippen molar-refractivity contribution in [3.05, 3.63) is 29.6 Å². The lowest BCUT2D eigenvalue weighted by atomic mass is 10.1. The highest BCUT2D eigenvalue weighted by atomic mass is 19.1. The number of Topliss-reactive ketones (excluding diaryl/α,β-unsaturated/α-hetero) is 1. The minimum atomic E-state index is -0.462. The van der Waals surface area contributed by atoms with Gasteiger partial charge in [0, 0.05) is 5.56 Å². The first-order chi connectivity index (χ1) is 8.65. The van der Waals surface area contributed by atoms with E-state index in [1.807, 2.05) is 0 Å². The van der Waals surface area contributed by atoms with Crippen molar-refractivity contribution >= 4 is 5.78 Å². The Hall–Kier alpha value is -1.38. The smallest absolute Gasteiger partial charge is 0.165 e. The first kappa shape index (κ1) is 14.7. The molecular weight excluding hydrogens is 231 g/mol. The Morgan fingerprint density at radius 2 is 1.94 bits per heavy atom. The van der Waals surface area contributed by atoms with Crippen molar-refractivity contribution in [2.24, 2.45) is 0 Å². The summed E-state index contributed by atoms with van der Waals surface area (Å²) in [4.78, 5) is 11.1. The fourth-order valence-electron chi connectivity index (χ4n) is 1.72. The van der Waals surface area contributed by atoms with E-state index >= 15 is 0 Å². The maximum atomic E-state index is 13.6. The maximum Gasteiger partial charge on any atom is 0.165 e. The summed E-state index contributed by atoms with van der Waals surface area (Å²) in [6.45, 7) is 4.12. The van der Waals surface area contributed by atoms with Gasteiger partial charge in [0.05, 0.1) is 6.61 Å². The Morgan fingerprint density at radius 1 is 1.22 bits per heavy atom. The molecule has 0 aliphatic heterocycles. The van der Waals surface area contributed by atoms with Gasteiger partial charge in [0.2, 0.25) is 0 Å². The molecule has 0 unspecified atom stereocenters. The molecule has 0 aliphatic carbocycles. The summed E-state index contributed by atoms with van der Waals surface area (Å²) in [7, 11) is 0. The van der Waals surface area contributed by atoms with Crippen LogP contribution in [-0.2, 0) is 0 Å². The van der Waals surface area contributed by atoms with Gasteiger partial charge in [-0.25, -0.2) is 4.39 Å². The van der Waals surface area contributed by atoms with Crippen LogP contribution >= 0.6 is 0 Å². The monoisotopic (exact) mass is 252 g/mol. The number of ether oxygens (including phenoxy) is 1. The SMILES string of the molecule is CCCCCCCOc1ccc(C(C)=O)cc1F. The van der Waals surface area contributed by atoms with Crippen LogP contribution in [0.1, 0.15) is 56.3 Å². The zero-order chi connectivity index (χ0) is 13.4. The van der Waals surface area contributed by atoms with Crippen molar-refractivity contribution in [1.29, 1.82) is 0 Å². The fourth-order valence-corrected chi connectivity index (χ4v) is 1.72. The van der Waals surface area contributed by atoms with Crippen LogP contribution in [-0.4, -0.2) is 12.4 Å². The van der Waals surface area contributed by atoms with Crippen LogP contribution in [0.25, 0.3) is 0 Å². The Morgan fingerprint density at radius 3 is 2.56 bits per heavy atom. The van der Waals surface area contributed by atoms with Gasteiger partial charge in [0.1, 0.15) is 0 Å². The molecule has 0 N–H and O–H groups in total. The summed E-state index contributed by atoms with van der Waals surface area (Å²) in [5.74, 6) is -0.369. The van der Waals surface area contributed by atoms with Crippen molar-refractivity contribution in [3.8, 4) is 5.75 Å². The van der Waals surface area contributed by atoms with Crippen LogP contribution in [0.2, 0.25) is 0 Å². The van der Waals surface area contributed by atoms with E-state index < -0.39 is 5.82 Å². The number of carbonyl (C=O) groups excluding carboxylic acids is 1. The molecule has 0 fully saturated rings. The summed E-state index contributed by atoms with van der Waals surface area (Å²) in [5, 5.41) is 0. The average Bonchev–Trinajstić information content (AvgIpc) is 2.35. The van der Waals surface area contributed by atoms with Crippen molar-refractivity contribution in [3.63, 3.8) is 0 Å². The van der Waals surface area contributed by atoms with E-state index in [4.69, 9.17) is 4.74 Å². The number of ketones is 1. The minimum Gasteiger partial charge on any atom is -0.491 e. The van der Waals surface area contributed by atoms with Crippen LogP contribution in [0.5, 0.6) is 5.75 Å². The van der Waals surface area contributed by atoms with Crippen LogP contribution < -0.4 is 4.74 Å². The molecule has 3 heteroatoms. The summed E-state index contributed by atoms with van der Waals surface area (Å²) < 4.78 is 18.9. The zero-order valence-electron chi connectivity index (χ0n) is 11.2. The third-order valence-corrected chi connectivity index (χ3v) is 2.84. The van der Waals surface area contributed by atoms with Gasteiger partial charge in [0.15, 0.2) is 17.3 Å². The standard InChI is InChI=1S/C15H21FO2/c1-3-4-5-6-7-10-18-15-9-8-13(12(2)17)11-14(15)16/h8-9,11H,3-7,10H2,1-2H3. The molecule has 0 radical (unpaired) electrons. The molecule has 0 aromatic heterocycles. The molecule has 1 aromatic rings. The van der Waals surface area contributed by atoms with Gasteiger partial charge in [-0.1, -0.05) is 32.6 Å². The van der Waals surface area contributed by atoms with Crippen molar-refractivity contribution in [2.45, 2.75) is 46.0 Å². The normalized spacial score (nSPS) is 10.4. The number of rotatable bonds is 8. The summed E-state index contributed by atoms with van der Waals surface area (Å²) in [6.07, 6.45) is 5.70. The molecule has 0 bridgehead atoms. The zero-order valence-corrected chi connectivity index (χ0v) is 11.2. The Balaban J connectivity index is 2.36. The summed E-state index contributed by atoms with van der Waals surface area (Å²) in [5.41, 5.74) is 0.378. The third kappa shape index (κ3) is 4.86. The first-order valence-electron chi connectivity index (χ1n) is 6.58. The fraction of sp³-hybridized carbons (Fsp3) is 0.533. The van der Waals surface area contributed by atoms with Crippen molar-refractivity contribution in [1.82, 2.24) is 0 Å². The highest BCUT2D eigenvalue weighted by Gasteiger charge is 2.07. The molecule has 1 aromatic carbocycles. The molecule has 0 saturated carbocycles. The molecule has 18 heavy (non-hydrogen) atoms. The molecule has 1 rings (SSSR count). The number of benzene rings is 1. The number of hydrogen-bond acceptors (Lipinski definition) is 2. The van der Waals surface area contributed by atoms with E-state index in [9.17, 15) is 9.18 Å². The van der Waals surface area contributed by atoms with E-state index in [1.54, 1.807) is 6.07 Å². The molecule has 0 aliphatic rings. The quantitative estimate of drug-likeness (QED) is 0.507. The second-order valence-corrected chi connectivity index (χ2v) is 4.46. The number of halogens is 1. The number of unbranched alkanes of at least 4 members (excludes halogenated alkanes) is 4. The molecule has 2 nitrogen and oxygen atoms in total. The lowest BCUT2D eigenvalue weighted by Gasteiger charge is -2.07. The topological polar surface area (TPSA) is 26.3 Å². The highest BCUT2D eigenvalue weighted by Crippen LogP contribution is 2.19. The average molecular weight is 252 g/mol. The van der Waals surface area contributed by atoms with E-state index in [-0.39, 0.29) is 11.5 Å². The summed E-state index contributed by atoms with van der Waals surface area (Å²) >= 11 is 0. The minimum absolute atomic E-state index is 0.139. The lowest BCUT2D eigenvalue weighted by molar-refractivity contribution is 0.101. The van der Waals surface area contributed by atoms with Gasteiger partial charge >= 0.3 is 0 Å².